The van der Waals surface area contributed by atoms with Gasteiger partial charge in [-0.3, -0.25) is 9.79 Å². The molecule has 1 aromatic carbocycles. The van der Waals surface area contributed by atoms with Gasteiger partial charge < -0.3 is 20.7 Å². The summed E-state index contributed by atoms with van der Waals surface area (Å²) in [6.07, 6.45) is 0.846. The van der Waals surface area contributed by atoms with Crippen molar-refractivity contribution in [2.24, 2.45) is 4.99 Å². The molecule has 7 nitrogen and oxygen atoms in total. The summed E-state index contributed by atoms with van der Waals surface area (Å²) in [5, 5.41) is 12.4. The maximum absolute atomic E-state index is 12.1. The van der Waals surface area contributed by atoms with Crippen molar-refractivity contribution in [3.8, 4) is 5.75 Å². The van der Waals surface area contributed by atoms with E-state index in [1.807, 2.05) is 6.92 Å². The number of nitrogens with one attached hydrogen (secondary N) is 3. The van der Waals surface area contributed by atoms with Crippen LogP contribution in [0.1, 0.15) is 21.1 Å². The van der Waals surface area contributed by atoms with Crippen LogP contribution in [0, 0.1) is 6.92 Å². The van der Waals surface area contributed by atoms with E-state index in [1.54, 1.807) is 49.8 Å². The van der Waals surface area contributed by atoms with Gasteiger partial charge in [0.15, 0.2) is 5.96 Å². The van der Waals surface area contributed by atoms with Crippen LogP contribution >= 0.6 is 11.3 Å². The molecule has 2 aromatic rings. The zero-order valence-corrected chi connectivity index (χ0v) is 16.2. The Labute approximate surface area is 157 Å². The number of amides is 1. The monoisotopic (exact) mass is 375 g/mol. The van der Waals surface area contributed by atoms with Gasteiger partial charge in [-0.05, 0) is 31.2 Å². The first-order valence-electron chi connectivity index (χ1n) is 8.40. The summed E-state index contributed by atoms with van der Waals surface area (Å²) >= 11 is 1.66. The molecule has 3 N–H and O–H groups in total. The number of ether oxygens (including phenoxy) is 1. The van der Waals surface area contributed by atoms with Gasteiger partial charge in [0.1, 0.15) is 5.75 Å². The molecule has 0 radical (unpaired) electrons. The summed E-state index contributed by atoms with van der Waals surface area (Å²) in [6.45, 7) is 3.83. The number of benzene rings is 1. The van der Waals surface area contributed by atoms with Crippen molar-refractivity contribution in [1.29, 1.82) is 0 Å². The second-order valence-electron chi connectivity index (χ2n) is 5.52. The van der Waals surface area contributed by atoms with Crippen molar-refractivity contribution in [1.82, 2.24) is 20.9 Å². The van der Waals surface area contributed by atoms with Gasteiger partial charge in [-0.15, -0.1) is 11.3 Å². The van der Waals surface area contributed by atoms with Gasteiger partial charge in [0.05, 0.1) is 17.8 Å². The number of rotatable bonds is 8. The topological polar surface area (TPSA) is 87.6 Å². The lowest BCUT2D eigenvalue weighted by Crippen LogP contribution is -2.42. The molecule has 1 aromatic heterocycles. The molecule has 1 heterocycles. The Morgan fingerprint density at radius 1 is 1.15 bits per heavy atom. The third-order valence-electron chi connectivity index (χ3n) is 3.62. The Kier molecular flexibility index (Phi) is 7.88. The van der Waals surface area contributed by atoms with Crippen molar-refractivity contribution in [2.45, 2.75) is 13.3 Å². The quantitative estimate of drug-likeness (QED) is 0.371. The number of methoxy groups -OCH3 is 1. The molecule has 0 atom stereocenters. The average molecular weight is 375 g/mol. The van der Waals surface area contributed by atoms with Crippen LogP contribution < -0.4 is 20.7 Å². The molecular formula is C18H25N5O2S. The van der Waals surface area contributed by atoms with Crippen LogP contribution in [0.3, 0.4) is 0 Å². The van der Waals surface area contributed by atoms with Gasteiger partial charge in [0, 0.05) is 44.0 Å². The Balaban J connectivity index is 1.64. The smallest absolute Gasteiger partial charge is 0.251 e. The summed E-state index contributed by atoms with van der Waals surface area (Å²) in [7, 11) is 3.32. The average Bonchev–Trinajstić information content (AvgIpc) is 3.08. The molecule has 0 aliphatic carbocycles. The van der Waals surface area contributed by atoms with E-state index >= 15 is 0 Å². The van der Waals surface area contributed by atoms with Gasteiger partial charge >= 0.3 is 0 Å². The van der Waals surface area contributed by atoms with Gasteiger partial charge in [0.25, 0.3) is 5.91 Å². The van der Waals surface area contributed by atoms with Crippen LogP contribution in [0.4, 0.5) is 0 Å². The van der Waals surface area contributed by atoms with E-state index in [2.05, 4.69) is 31.3 Å². The first-order chi connectivity index (χ1) is 12.6. The second kappa shape index (κ2) is 10.4. The fraction of sp³-hybridized carbons (Fsp3) is 0.389. The molecule has 0 saturated carbocycles. The maximum Gasteiger partial charge on any atom is 0.251 e. The number of aliphatic imine (C=N–C) groups is 1. The van der Waals surface area contributed by atoms with Crippen LogP contribution in [0.15, 0.2) is 34.6 Å². The number of guanidine groups is 1. The number of nitrogens with zero attached hydrogens (tertiary/aromatic N) is 2. The zero-order valence-electron chi connectivity index (χ0n) is 15.3. The molecule has 8 heteroatoms. The summed E-state index contributed by atoms with van der Waals surface area (Å²) in [5.74, 6) is 1.32. The molecule has 0 spiro atoms. The third-order valence-corrected chi connectivity index (χ3v) is 4.44. The molecule has 140 valence electrons. The van der Waals surface area contributed by atoms with E-state index in [4.69, 9.17) is 4.74 Å². The van der Waals surface area contributed by atoms with E-state index in [0.717, 1.165) is 29.4 Å². The minimum Gasteiger partial charge on any atom is -0.497 e. The Hall–Kier alpha value is -2.61. The third kappa shape index (κ3) is 6.36. The summed E-state index contributed by atoms with van der Waals surface area (Å²) < 4.78 is 5.08. The van der Waals surface area contributed by atoms with Gasteiger partial charge in [-0.2, -0.15) is 0 Å². The highest BCUT2D eigenvalue weighted by Gasteiger charge is 2.05. The lowest BCUT2D eigenvalue weighted by molar-refractivity contribution is 0.0954. The van der Waals surface area contributed by atoms with Crippen molar-refractivity contribution >= 4 is 23.2 Å². The summed E-state index contributed by atoms with van der Waals surface area (Å²) in [4.78, 5) is 20.7. The Morgan fingerprint density at radius 2 is 1.85 bits per heavy atom. The lowest BCUT2D eigenvalue weighted by Gasteiger charge is -2.12. The molecule has 0 aliphatic rings. The number of thiazole rings is 1. The largest absolute Gasteiger partial charge is 0.497 e. The molecule has 0 bridgehead atoms. The van der Waals surface area contributed by atoms with Crippen LogP contribution in [0.25, 0.3) is 0 Å². The number of aromatic nitrogens is 1. The zero-order chi connectivity index (χ0) is 18.8. The molecule has 0 aliphatic heterocycles. The number of hydrogen-bond donors (Lipinski definition) is 3. The minimum absolute atomic E-state index is 0.115. The maximum atomic E-state index is 12.1. The minimum atomic E-state index is -0.115. The normalized spacial score (nSPS) is 11.1. The highest BCUT2D eigenvalue weighted by Crippen LogP contribution is 2.11. The van der Waals surface area contributed by atoms with Crippen LogP contribution in [-0.2, 0) is 6.42 Å². The molecule has 26 heavy (non-hydrogen) atoms. The summed E-state index contributed by atoms with van der Waals surface area (Å²) in [5.41, 5.74) is 1.69. The molecule has 0 unspecified atom stereocenters. The standard InChI is InChI=1S/C18H25N5O2S/c1-13-23-15(12-26-13)8-9-21-18(19-2)22-11-10-20-17(24)14-4-6-16(25-3)7-5-14/h4-7,12H,8-11H2,1-3H3,(H,20,24)(H2,19,21,22). The fourth-order valence-corrected chi connectivity index (χ4v) is 2.90. The van der Waals surface area contributed by atoms with Crippen LogP contribution in [0.5, 0.6) is 5.75 Å². The second-order valence-corrected chi connectivity index (χ2v) is 6.58. The van der Waals surface area contributed by atoms with E-state index in [9.17, 15) is 4.79 Å². The van der Waals surface area contributed by atoms with Crippen molar-refractivity contribution < 1.29 is 9.53 Å². The highest BCUT2D eigenvalue weighted by atomic mass is 32.1. The lowest BCUT2D eigenvalue weighted by atomic mass is 10.2. The molecule has 2 rings (SSSR count). The molecule has 1 amide bonds. The first-order valence-corrected chi connectivity index (χ1v) is 9.28. The van der Waals surface area contributed by atoms with Gasteiger partial charge in [0.2, 0.25) is 0 Å². The number of aryl methyl sites for hydroxylation is 1. The SMILES string of the molecule is CN=C(NCCNC(=O)c1ccc(OC)cc1)NCCc1csc(C)n1. The van der Waals surface area contributed by atoms with E-state index in [-0.39, 0.29) is 5.91 Å². The Bertz CT molecular complexity index is 727. The molecule has 0 fully saturated rings. The van der Waals surface area contributed by atoms with Gasteiger partial charge in [-0.1, -0.05) is 0 Å². The van der Waals surface area contributed by atoms with Crippen LogP contribution in [0.2, 0.25) is 0 Å². The van der Waals surface area contributed by atoms with E-state index in [1.165, 1.54) is 0 Å². The summed E-state index contributed by atoms with van der Waals surface area (Å²) in [6, 6.07) is 7.01. The predicted octanol–water partition coefficient (Wildman–Crippen LogP) is 1.60. The van der Waals surface area contributed by atoms with Crippen molar-refractivity contribution in [3.05, 3.63) is 45.9 Å². The highest BCUT2D eigenvalue weighted by molar-refractivity contribution is 7.09. The van der Waals surface area contributed by atoms with Crippen molar-refractivity contribution in [2.75, 3.05) is 33.8 Å². The van der Waals surface area contributed by atoms with E-state index < -0.39 is 0 Å². The first kappa shape index (κ1) is 19.7. The van der Waals surface area contributed by atoms with Crippen molar-refractivity contribution in [3.63, 3.8) is 0 Å². The number of hydrogen-bond acceptors (Lipinski definition) is 5. The van der Waals surface area contributed by atoms with Gasteiger partial charge in [-0.25, -0.2) is 4.98 Å². The van der Waals surface area contributed by atoms with E-state index in [0.29, 0.717) is 24.6 Å². The molecule has 0 saturated heterocycles. The Morgan fingerprint density at radius 3 is 2.46 bits per heavy atom. The molecular weight excluding hydrogens is 350 g/mol. The number of carbonyl (C=O) groups is 1. The fourth-order valence-electron chi connectivity index (χ4n) is 2.25. The number of carbonyl (C=O) groups excluding carboxylic acids is 1. The van der Waals surface area contributed by atoms with Crippen LogP contribution in [-0.4, -0.2) is 50.6 Å². The predicted molar refractivity (Wildman–Crippen MR) is 105 cm³/mol.